The van der Waals surface area contributed by atoms with Crippen molar-refractivity contribution in [1.82, 2.24) is 9.71 Å². The maximum Gasteiger partial charge on any atom is 0.138 e. The molecule has 1 atom stereocenters. The standard InChI is InChI=1S/C16H13NO2.C6H13N3S/c1-18-13-7-8-14-15(11-13)17-10-9-16(14)19-12-5-3-2-4-6-12;1-5(9-10)6(8-2)3-4-7/h2-11H,1H3;3-5,9-10H,7H2,1-2H3/b;4-3-,8-6?. The largest absolute Gasteiger partial charge is 0.497 e. The lowest BCUT2D eigenvalue weighted by atomic mass is 10.2. The Morgan fingerprint density at radius 2 is 1.93 bits per heavy atom. The van der Waals surface area contributed by atoms with Gasteiger partial charge in [0.1, 0.15) is 17.2 Å². The third kappa shape index (κ3) is 6.51. The number of hydrogen-bond acceptors (Lipinski definition) is 7. The first-order valence-corrected chi connectivity index (χ1v) is 9.47. The summed E-state index contributed by atoms with van der Waals surface area (Å²) >= 11 is 3.90. The monoisotopic (exact) mass is 410 g/mol. The lowest BCUT2D eigenvalue weighted by Crippen LogP contribution is -2.26. The van der Waals surface area contributed by atoms with Gasteiger partial charge >= 0.3 is 0 Å². The fourth-order valence-corrected chi connectivity index (χ4v) is 2.64. The van der Waals surface area contributed by atoms with Crippen molar-refractivity contribution in [2.45, 2.75) is 13.0 Å². The summed E-state index contributed by atoms with van der Waals surface area (Å²) in [7, 11) is 3.36. The molecule has 152 valence electrons. The second kappa shape index (κ2) is 11.7. The number of aliphatic imine (C=N–C) groups is 1. The molecule has 0 saturated carbocycles. The molecule has 0 amide bonds. The van der Waals surface area contributed by atoms with Crippen molar-refractivity contribution in [1.29, 1.82) is 0 Å². The quantitative estimate of drug-likeness (QED) is 0.415. The number of nitrogens with zero attached hydrogens (tertiary/aromatic N) is 2. The molecular weight excluding hydrogens is 384 g/mol. The van der Waals surface area contributed by atoms with Crippen LogP contribution in [0.15, 0.2) is 78.1 Å². The third-order valence-electron chi connectivity index (χ3n) is 4.04. The molecule has 0 spiro atoms. The van der Waals surface area contributed by atoms with Crippen molar-refractivity contribution in [3.05, 3.63) is 73.1 Å². The highest BCUT2D eigenvalue weighted by Crippen LogP contribution is 2.30. The summed E-state index contributed by atoms with van der Waals surface area (Å²) in [5, 5.41) is 0.965. The number of pyridine rings is 1. The van der Waals surface area contributed by atoms with E-state index < -0.39 is 0 Å². The van der Waals surface area contributed by atoms with Gasteiger partial charge in [-0.1, -0.05) is 31.0 Å². The molecule has 0 bridgehead atoms. The number of aromatic nitrogens is 1. The van der Waals surface area contributed by atoms with Crippen molar-refractivity contribution in [3.8, 4) is 17.2 Å². The van der Waals surface area contributed by atoms with E-state index >= 15 is 0 Å². The molecule has 1 aromatic heterocycles. The van der Waals surface area contributed by atoms with Crippen LogP contribution in [0.3, 0.4) is 0 Å². The van der Waals surface area contributed by atoms with E-state index in [2.05, 4.69) is 27.5 Å². The number of hydrogen-bond donors (Lipinski definition) is 3. The average Bonchev–Trinajstić information content (AvgIpc) is 2.78. The number of methoxy groups -OCH3 is 1. The lowest BCUT2D eigenvalue weighted by molar-refractivity contribution is 0.415. The minimum atomic E-state index is 0.133. The first-order chi connectivity index (χ1) is 14.1. The molecule has 1 unspecified atom stereocenters. The van der Waals surface area contributed by atoms with Gasteiger partial charge < -0.3 is 15.2 Å². The molecule has 6 nitrogen and oxygen atoms in total. The molecule has 0 radical (unpaired) electrons. The second-order valence-corrected chi connectivity index (χ2v) is 6.22. The highest BCUT2D eigenvalue weighted by Gasteiger charge is 2.05. The van der Waals surface area contributed by atoms with Crippen molar-refractivity contribution in [3.63, 3.8) is 0 Å². The molecule has 0 aliphatic carbocycles. The number of nitrogens with two attached hydrogens (primary N) is 1. The van der Waals surface area contributed by atoms with Crippen LogP contribution in [-0.4, -0.2) is 30.9 Å². The van der Waals surface area contributed by atoms with Gasteiger partial charge in [-0.15, -0.1) is 0 Å². The van der Waals surface area contributed by atoms with Crippen LogP contribution in [0.5, 0.6) is 17.2 Å². The van der Waals surface area contributed by atoms with Crippen LogP contribution in [0, 0.1) is 0 Å². The van der Waals surface area contributed by atoms with E-state index in [0.29, 0.717) is 0 Å². The molecule has 3 N–H and O–H groups in total. The van der Waals surface area contributed by atoms with Gasteiger partial charge in [0, 0.05) is 24.7 Å². The van der Waals surface area contributed by atoms with E-state index in [1.54, 1.807) is 26.4 Å². The summed E-state index contributed by atoms with van der Waals surface area (Å²) in [6, 6.07) is 17.5. The molecule has 0 aliphatic rings. The van der Waals surface area contributed by atoms with E-state index in [0.717, 1.165) is 33.9 Å². The van der Waals surface area contributed by atoms with Gasteiger partial charge in [-0.05, 0) is 49.5 Å². The summed E-state index contributed by atoms with van der Waals surface area (Å²) in [5.41, 5.74) is 6.92. The molecule has 0 aliphatic heterocycles. The normalized spacial score (nSPS) is 12.3. The number of rotatable bonds is 6. The maximum atomic E-state index is 5.88. The van der Waals surface area contributed by atoms with Crippen LogP contribution in [0.4, 0.5) is 0 Å². The first-order valence-electron chi connectivity index (χ1n) is 9.03. The fraction of sp³-hybridized carbons (Fsp3) is 0.182. The minimum absolute atomic E-state index is 0.133. The van der Waals surface area contributed by atoms with Gasteiger partial charge in [0.05, 0.1) is 24.4 Å². The van der Waals surface area contributed by atoms with Crippen molar-refractivity contribution in [2.75, 3.05) is 14.2 Å². The summed E-state index contributed by atoms with van der Waals surface area (Å²) in [6.07, 6.45) is 4.94. The summed E-state index contributed by atoms with van der Waals surface area (Å²) in [6.45, 7) is 1.95. The zero-order valence-corrected chi connectivity index (χ0v) is 17.6. The van der Waals surface area contributed by atoms with Crippen LogP contribution < -0.4 is 19.9 Å². The minimum Gasteiger partial charge on any atom is -0.497 e. The zero-order chi connectivity index (χ0) is 21.1. The van der Waals surface area contributed by atoms with Gasteiger partial charge in [0.15, 0.2) is 0 Å². The van der Waals surface area contributed by atoms with E-state index in [-0.39, 0.29) is 6.04 Å². The van der Waals surface area contributed by atoms with E-state index in [1.807, 2.05) is 61.5 Å². The Morgan fingerprint density at radius 3 is 2.55 bits per heavy atom. The average molecular weight is 411 g/mol. The van der Waals surface area contributed by atoms with Crippen LogP contribution >= 0.6 is 12.8 Å². The van der Waals surface area contributed by atoms with Crippen molar-refractivity contribution >= 4 is 29.4 Å². The number of para-hydroxylation sites is 1. The smallest absolute Gasteiger partial charge is 0.138 e. The Labute approximate surface area is 177 Å². The van der Waals surface area contributed by atoms with E-state index in [4.69, 9.17) is 15.2 Å². The number of thiol groups is 1. The topological polar surface area (TPSA) is 81.8 Å². The Balaban J connectivity index is 0.000000257. The SMILES string of the molecule is CN=C(/C=C\N)C(C)NS.COc1ccc2c(Oc3ccccc3)ccnc2c1. The second-order valence-electron chi connectivity index (χ2n) is 5.97. The third-order valence-corrected chi connectivity index (χ3v) is 4.43. The van der Waals surface area contributed by atoms with Gasteiger partial charge in [0.2, 0.25) is 0 Å². The Kier molecular flexibility index (Phi) is 9.01. The number of ether oxygens (including phenoxy) is 2. The van der Waals surface area contributed by atoms with E-state index in [1.165, 1.54) is 6.20 Å². The maximum absolute atomic E-state index is 5.88. The first kappa shape index (κ1) is 22.3. The summed E-state index contributed by atoms with van der Waals surface area (Å²) in [4.78, 5) is 8.32. The molecule has 29 heavy (non-hydrogen) atoms. The Morgan fingerprint density at radius 1 is 1.17 bits per heavy atom. The van der Waals surface area contributed by atoms with Gasteiger partial charge in [-0.3, -0.25) is 14.7 Å². The number of fused-ring (bicyclic) bond motifs is 1. The molecule has 0 fully saturated rings. The molecule has 3 rings (SSSR count). The predicted octanol–water partition coefficient (Wildman–Crippen LogP) is 4.39. The molecule has 1 heterocycles. The van der Waals surface area contributed by atoms with Crippen molar-refractivity contribution < 1.29 is 9.47 Å². The molecule has 3 aromatic rings. The Bertz CT molecular complexity index is 961. The number of nitrogens with one attached hydrogen (secondary N) is 1. The lowest BCUT2D eigenvalue weighted by Gasteiger charge is -2.09. The van der Waals surface area contributed by atoms with E-state index in [9.17, 15) is 0 Å². The van der Waals surface area contributed by atoms with Crippen LogP contribution in [0.25, 0.3) is 10.9 Å². The highest BCUT2D eigenvalue weighted by atomic mass is 32.1. The summed E-state index contributed by atoms with van der Waals surface area (Å²) < 4.78 is 13.8. The molecule has 7 heteroatoms. The van der Waals surface area contributed by atoms with Gasteiger partial charge in [-0.25, -0.2) is 0 Å². The Hall–Kier alpha value is -3.03. The van der Waals surface area contributed by atoms with Gasteiger partial charge in [0.25, 0.3) is 0 Å². The van der Waals surface area contributed by atoms with Crippen LogP contribution in [0.1, 0.15) is 6.92 Å². The van der Waals surface area contributed by atoms with Crippen LogP contribution in [0.2, 0.25) is 0 Å². The van der Waals surface area contributed by atoms with Crippen molar-refractivity contribution in [2.24, 2.45) is 10.7 Å². The fourth-order valence-electron chi connectivity index (χ4n) is 2.51. The zero-order valence-electron chi connectivity index (χ0n) is 16.7. The highest BCUT2D eigenvalue weighted by molar-refractivity contribution is 7.78. The number of benzene rings is 2. The predicted molar refractivity (Wildman–Crippen MR) is 123 cm³/mol. The molecule has 2 aromatic carbocycles. The van der Waals surface area contributed by atoms with Gasteiger partial charge in [-0.2, -0.15) is 0 Å². The molecule has 0 saturated heterocycles. The molecular formula is C22H26N4O2S. The van der Waals surface area contributed by atoms with Crippen LogP contribution in [-0.2, 0) is 0 Å². The summed E-state index contributed by atoms with van der Waals surface area (Å²) in [5.74, 6) is 2.39.